The van der Waals surface area contributed by atoms with Gasteiger partial charge in [-0.15, -0.1) is 50.5 Å². The lowest BCUT2D eigenvalue weighted by atomic mass is 10.4. The van der Waals surface area contributed by atoms with Gasteiger partial charge in [-0.2, -0.15) is 0 Å². The van der Waals surface area contributed by atoms with Gasteiger partial charge in [0.2, 0.25) is 0 Å². The Kier molecular flexibility index (Phi) is 6.28. The Hall–Kier alpha value is -0.160. The van der Waals surface area contributed by atoms with Gasteiger partial charge in [0.15, 0.2) is 0 Å². The summed E-state index contributed by atoms with van der Waals surface area (Å²) in [5.41, 5.74) is 0. The Morgan fingerprint density at radius 3 is 1.12 bits per heavy atom. The molecule has 0 spiro atoms. The molecule has 2 aromatic rings. The fraction of sp³-hybridized carbons (Fsp3) is 0. The van der Waals surface area contributed by atoms with Gasteiger partial charge >= 0.3 is 0 Å². The molecule has 84 valence electrons. The Balaban J connectivity index is 0.000000165. The van der Waals surface area contributed by atoms with E-state index in [4.69, 9.17) is 0 Å². The van der Waals surface area contributed by atoms with Gasteiger partial charge in [0, 0.05) is 19.6 Å². The summed E-state index contributed by atoms with van der Waals surface area (Å²) < 4.78 is 0. The largest absolute Gasteiger partial charge is 0.143 e. The zero-order valence-electron chi connectivity index (χ0n) is 8.41. The molecule has 0 aliphatic carbocycles. The molecule has 0 amide bonds. The fourth-order valence-electron chi connectivity index (χ4n) is 1.01. The highest BCUT2D eigenvalue weighted by Crippen LogP contribution is 2.18. The van der Waals surface area contributed by atoms with Crippen LogP contribution in [0.25, 0.3) is 0 Å². The molecule has 0 bridgehead atoms. The molecule has 16 heavy (non-hydrogen) atoms. The van der Waals surface area contributed by atoms with Crippen molar-refractivity contribution in [1.82, 2.24) is 0 Å². The number of hydrogen-bond acceptors (Lipinski definition) is 4. The van der Waals surface area contributed by atoms with E-state index in [2.05, 4.69) is 50.5 Å². The number of hydrogen-bond donors (Lipinski definition) is 4. The fourth-order valence-corrected chi connectivity index (χ4v) is 2.32. The third kappa shape index (κ3) is 5.80. The first-order chi connectivity index (χ1) is 7.58. The van der Waals surface area contributed by atoms with E-state index in [1.165, 1.54) is 0 Å². The minimum Gasteiger partial charge on any atom is -0.143 e. The molecule has 0 aliphatic heterocycles. The van der Waals surface area contributed by atoms with Crippen molar-refractivity contribution < 1.29 is 0 Å². The molecule has 0 fully saturated rings. The summed E-state index contributed by atoms with van der Waals surface area (Å²) in [6, 6.07) is 15.4. The van der Waals surface area contributed by atoms with E-state index < -0.39 is 0 Å². The molecule has 0 atom stereocenters. The van der Waals surface area contributed by atoms with Crippen LogP contribution in [0.1, 0.15) is 0 Å². The van der Waals surface area contributed by atoms with Gasteiger partial charge in [-0.3, -0.25) is 0 Å². The first kappa shape index (κ1) is 13.9. The Morgan fingerprint density at radius 2 is 0.875 bits per heavy atom. The third-order valence-electron chi connectivity index (χ3n) is 1.64. The molecule has 4 heteroatoms. The number of rotatable bonds is 0. The SMILES string of the molecule is Sc1cc(S)cc(S)c1.Sc1ccccc1. The predicted molar refractivity (Wildman–Crippen MR) is 81.9 cm³/mol. The second kappa shape index (κ2) is 7.22. The molecular weight excluding hydrogens is 272 g/mol. The summed E-state index contributed by atoms with van der Waals surface area (Å²) in [7, 11) is 0. The molecular formula is C12H12S4. The van der Waals surface area contributed by atoms with Crippen LogP contribution < -0.4 is 0 Å². The first-order valence-electron chi connectivity index (χ1n) is 4.54. The van der Waals surface area contributed by atoms with Crippen molar-refractivity contribution >= 4 is 50.5 Å². The van der Waals surface area contributed by atoms with Crippen molar-refractivity contribution in [3.63, 3.8) is 0 Å². The van der Waals surface area contributed by atoms with Gasteiger partial charge in [-0.05, 0) is 30.3 Å². The highest BCUT2D eigenvalue weighted by molar-refractivity contribution is 7.82. The van der Waals surface area contributed by atoms with E-state index in [1.54, 1.807) is 0 Å². The number of thiol groups is 4. The average Bonchev–Trinajstić information content (AvgIpc) is 2.17. The van der Waals surface area contributed by atoms with Crippen LogP contribution in [0.4, 0.5) is 0 Å². The van der Waals surface area contributed by atoms with Crippen molar-refractivity contribution in [2.45, 2.75) is 19.6 Å². The van der Waals surface area contributed by atoms with Gasteiger partial charge in [0.05, 0.1) is 0 Å². The van der Waals surface area contributed by atoms with Crippen molar-refractivity contribution in [2.75, 3.05) is 0 Å². The summed E-state index contributed by atoms with van der Waals surface area (Å²) in [4.78, 5) is 3.70. The van der Waals surface area contributed by atoms with Gasteiger partial charge in [-0.1, -0.05) is 18.2 Å². The summed E-state index contributed by atoms with van der Waals surface area (Å²) in [6.07, 6.45) is 0. The Labute approximate surface area is 118 Å². The highest BCUT2D eigenvalue weighted by atomic mass is 32.1. The topological polar surface area (TPSA) is 0 Å². The maximum atomic E-state index is 4.13. The van der Waals surface area contributed by atoms with Crippen molar-refractivity contribution in [3.8, 4) is 0 Å². The molecule has 2 aromatic carbocycles. The van der Waals surface area contributed by atoms with E-state index in [9.17, 15) is 0 Å². The van der Waals surface area contributed by atoms with Gasteiger partial charge in [-0.25, -0.2) is 0 Å². The molecule has 0 aromatic heterocycles. The van der Waals surface area contributed by atoms with Crippen molar-refractivity contribution in [3.05, 3.63) is 48.5 Å². The molecule has 0 saturated carbocycles. The molecule has 0 heterocycles. The summed E-state index contributed by atoms with van der Waals surface area (Å²) in [5, 5.41) is 0. The lowest BCUT2D eigenvalue weighted by Crippen LogP contribution is -1.68. The van der Waals surface area contributed by atoms with Crippen LogP contribution in [0.15, 0.2) is 68.1 Å². The summed E-state index contributed by atoms with van der Waals surface area (Å²) >= 11 is 16.5. The van der Waals surface area contributed by atoms with Gasteiger partial charge in [0.1, 0.15) is 0 Å². The second-order valence-corrected chi connectivity index (χ2v) is 5.11. The van der Waals surface area contributed by atoms with Crippen LogP contribution in [-0.4, -0.2) is 0 Å². The molecule has 0 saturated heterocycles. The molecule has 2 rings (SSSR count). The van der Waals surface area contributed by atoms with Crippen LogP contribution in [-0.2, 0) is 0 Å². The minimum absolute atomic E-state index is 0.896. The maximum absolute atomic E-state index is 4.13. The zero-order valence-corrected chi connectivity index (χ0v) is 12.0. The lowest BCUT2D eigenvalue weighted by molar-refractivity contribution is 1.25. The second-order valence-electron chi connectivity index (χ2n) is 3.04. The zero-order chi connectivity index (χ0) is 12.0. The monoisotopic (exact) mass is 284 g/mol. The Morgan fingerprint density at radius 1 is 0.500 bits per heavy atom. The lowest BCUT2D eigenvalue weighted by Gasteiger charge is -1.94. The summed E-state index contributed by atoms with van der Waals surface area (Å²) in [5.74, 6) is 0. The molecule has 0 radical (unpaired) electrons. The average molecular weight is 284 g/mol. The predicted octanol–water partition coefficient (Wildman–Crippen LogP) is 4.53. The standard InChI is InChI=1S/C6H6S3.C6H6S/c7-4-1-5(8)3-6(9)2-4;7-6-4-2-1-3-5-6/h1-3,7-9H;1-5,7H. The van der Waals surface area contributed by atoms with Crippen LogP contribution in [0.5, 0.6) is 0 Å². The van der Waals surface area contributed by atoms with Crippen molar-refractivity contribution in [1.29, 1.82) is 0 Å². The van der Waals surface area contributed by atoms with E-state index in [0.717, 1.165) is 19.6 Å². The van der Waals surface area contributed by atoms with Crippen LogP contribution in [0.3, 0.4) is 0 Å². The summed E-state index contributed by atoms with van der Waals surface area (Å²) in [6.45, 7) is 0. The molecule has 0 N–H and O–H groups in total. The van der Waals surface area contributed by atoms with Crippen LogP contribution in [0.2, 0.25) is 0 Å². The first-order valence-corrected chi connectivity index (χ1v) is 6.33. The van der Waals surface area contributed by atoms with Crippen LogP contribution >= 0.6 is 50.5 Å². The molecule has 0 unspecified atom stereocenters. The van der Waals surface area contributed by atoms with Gasteiger partial charge in [0.25, 0.3) is 0 Å². The highest BCUT2D eigenvalue weighted by Gasteiger charge is 1.89. The van der Waals surface area contributed by atoms with E-state index in [1.807, 2.05) is 48.5 Å². The van der Waals surface area contributed by atoms with E-state index >= 15 is 0 Å². The minimum atomic E-state index is 0.896. The normalized spacial score (nSPS) is 9.25. The molecule has 0 aliphatic rings. The van der Waals surface area contributed by atoms with E-state index in [0.29, 0.717) is 0 Å². The van der Waals surface area contributed by atoms with Crippen LogP contribution in [0, 0.1) is 0 Å². The van der Waals surface area contributed by atoms with E-state index in [-0.39, 0.29) is 0 Å². The third-order valence-corrected chi connectivity index (χ3v) is 2.72. The number of benzene rings is 2. The quantitative estimate of drug-likeness (QED) is 0.502. The Bertz CT molecular complexity index is 390. The maximum Gasteiger partial charge on any atom is 0.00620 e. The molecule has 0 nitrogen and oxygen atoms in total. The smallest absolute Gasteiger partial charge is 0.00620 e. The van der Waals surface area contributed by atoms with Gasteiger partial charge < -0.3 is 0 Å². The van der Waals surface area contributed by atoms with Crippen molar-refractivity contribution in [2.24, 2.45) is 0 Å².